The molecule has 0 unspecified atom stereocenters. The van der Waals surface area contributed by atoms with Gasteiger partial charge in [-0.25, -0.2) is 4.57 Å². The highest BCUT2D eigenvalue weighted by Crippen LogP contribution is 2.27. The maximum atomic E-state index is 5.57. The van der Waals surface area contributed by atoms with Gasteiger partial charge in [0.2, 0.25) is 0 Å². The number of aromatic nitrogens is 1. The molecule has 30 heavy (non-hydrogen) atoms. The van der Waals surface area contributed by atoms with Crippen LogP contribution in [0.2, 0.25) is 0 Å². The second kappa shape index (κ2) is 11.3. The Bertz CT molecular complexity index is 911. The molecule has 0 spiro atoms. The summed E-state index contributed by atoms with van der Waals surface area (Å²) in [5.41, 5.74) is 11.7. The Morgan fingerprint density at radius 2 is 1.43 bits per heavy atom. The highest BCUT2D eigenvalue weighted by molar-refractivity contribution is 5.91. The monoisotopic (exact) mass is 400 g/mol. The third-order valence-corrected chi connectivity index (χ3v) is 5.38. The van der Waals surface area contributed by atoms with Gasteiger partial charge in [-0.05, 0) is 59.9 Å². The van der Waals surface area contributed by atoms with Crippen LogP contribution in [0.25, 0.3) is 11.6 Å². The molecule has 2 aromatic carbocycles. The van der Waals surface area contributed by atoms with Crippen molar-refractivity contribution in [3.8, 4) is 0 Å². The molecule has 0 aliphatic carbocycles. The summed E-state index contributed by atoms with van der Waals surface area (Å²) < 4.78 is 2.27. The van der Waals surface area contributed by atoms with Gasteiger partial charge in [0.15, 0.2) is 12.4 Å². The van der Waals surface area contributed by atoms with E-state index in [-0.39, 0.29) is 0 Å². The second-order valence-electron chi connectivity index (χ2n) is 7.94. The molecule has 0 fully saturated rings. The second-order valence-corrected chi connectivity index (χ2v) is 7.94. The van der Waals surface area contributed by atoms with Crippen LogP contribution in [0.3, 0.4) is 0 Å². The summed E-state index contributed by atoms with van der Waals surface area (Å²) in [5, 5.41) is 0. The topological polar surface area (TPSA) is 33.1 Å². The van der Waals surface area contributed by atoms with Gasteiger partial charge in [0.05, 0.1) is 0 Å². The zero-order valence-electron chi connectivity index (χ0n) is 18.3. The van der Waals surface area contributed by atoms with Crippen LogP contribution in [0.4, 0.5) is 5.69 Å². The molecule has 0 saturated heterocycles. The molecule has 0 radical (unpaired) electrons. The molecule has 0 atom stereocenters. The van der Waals surface area contributed by atoms with E-state index in [9.17, 15) is 0 Å². The van der Waals surface area contributed by atoms with Crippen molar-refractivity contribution < 1.29 is 4.57 Å². The summed E-state index contributed by atoms with van der Waals surface area (Å²) in [6.45, 7) is 1.86. The Morgan fingerprint density at radius 3 is 2.07 bits per heavy atom. The van der Waals surface area contributed by atoms with E-state index >= 15 is 0 Å². The number of nitrogens with zero attached hydrogens (tertiary/aromatic N) is 2. The molecule has 1 aromatic heterocycles. The van der Waals surface area contributed by atoms with Crippen molar-refractivity contribution in [2.75, 3.05) is 25.5 Å². The van der Waals surface area contributed by atoms with Gasteiger partial charge in [-0.3, -0.25) is 0 Å². The van der Waals surface area contributed by atoms with Crippen molar-refractivity contribution in [3.63, 3.8) is 0 Å². The van der Waals surface area contributed by atoms with Gasteiger partial charge in [-0.2, -0.15) is 0 Å². The number of benzene rings is 2. The first-order valence-electron chi connectivity index (χ1n) is 10.9. The van der Waals surface area contributed by atoms with Crippen molar-refractivity contribution in [1.29, 1.82) is 0 Å². The number of hydrogen-bond acceptors (Lipinski definition) is 2. The van der Waals surface area contributed by atoms with Crippen LogP contribution >= 0.6 is 0 Å². The van der Waals surface area contributed by atoms with E-state index in [2.05, 4.69) is 109 Å². The number of rotatable bonds is 10. The fraction of sp³-hybridized carbons (Fsp3) is 0.296. The normalized spacial score (nSPS) is 11.5. The molecule has 0 aliphatic heterocycles. The third kappa shape index (κ3) is 6.30. The molecule has 156 valence electrons. The fourth-order valence-corrected chi connectivity index (χ4v) is 3.56. The van der Waals surface area contributed by atoms with Gasteiger partial charge in [0.25, 0.3) is 0 Å². The maximum Gasteiger partial charge on any atom is 0.169 e. The number of nitrogens with two attached hydrogens (primary N) is 1. The van der Waals surface area contributed by atoms with E-state index < -0.39 is 0 Å². The van der Waals surface area contributed by atoms with E-state index in [1.54, 1.807) is 0 Å². The molecule has 2 N–H and O–H groups in total. The summed E-state index contributed by atoms with van der Waals surface area (Å²) >= 11 is 0. The minimum Gasteiger partial charge on any atom is -0.378 e. The Morgan fingerprint density at radius 1 is 0.800 bits per heavy atom. The standard InChI is InChI=1S/C27H34N3/c1-29(2)26-14-12-25(13-15-26)27(24-10-6-5-7-11-24)22-23-16-20-30(21-17-23)19-9-4-3-8-18-28/h5-7,10-17,20-22H,3-4,8-9,18-19,28H2,1-2H3/q+1. The van der Waals surface area contributed by atoms with Gasteiger partial charge in [0.1, 0.15) is 6.54 Å². The molecule has 3 aromatic rings. The number of unbranched alkanes of at least 4 members (excludes halogenated alkanes) is 3. The lowest BCUT2D eigenvalue weighted by Gasteiger charge is -2.14. The predicted octanol–water partition coefficient (Wildman–Crippen LogP) is 5.15. The average molecular weight is 401 g/mol. The molecule has 3 nitrogen and oxygen atoms in total. The zero-order chi connectivity index (χ0) is 21.2. The van der Waals surface area contributed by atoms with E-state index in [0.717, 1.165) is 19.5 Å². The highest BCUT2D eigenvalue weighted by Gasteiger charge is 2.07. The molecular formula is C27H34N3+. The SMILES string of the molecule is CN(C)c1ccc(/C(=C\c2cc[n+](CCCCCCN)cc2)c2ccccc2)cc1. The molecule has 3 rings (SSSR count). The molecule has 3 heteroatoms. The first-order chi connectivity index (χ1) is 14.7. The Balaban J connectivity index is 1.80. The van der Waals surface area contributed by atoms with Gasteiger partial charge < -0.3 is 10.6 Å². The van der Waals surface area contributed by atoms with Gasteiger partial charge in [0, 0.05) is 38.3 Å². The number of aryl methyl sites for hydroxylation is 1. The lowest BCUT2D eigenvalue weighted by molar-refractivity contribution is -0.697. The van der Waals surface area contributed by atoms with Crippen LogP contribution in [-0.4, -0.2) is 20.6 Å². The van der Waals surface area contributed by atoms with Crippen molar-refractivity contribution in [1.82, 2.24) is 0 Å². The third-order valence-electron chi connectivity index (χ3n) is 5.38. The summed E-state index contributed by atoms with van der Waals surface area (Å²) in [6, 6.07) is 23.8. The fourth-order valence-electron chi connectivity index (χ4n) is 3.56. The van der Waals surface area contributed by atoms with Crippen molar-refractivity contribution in [2.45, 2.75) is 32.2 Å². The van der Waals surface area contributed by atoms with Crippen molar-refractivity contribution >= 4 is 17.3 Å². The number of pyridine rings is 1. The molecular weight excluding hydrogens is 366 g/mol. The largest absolute Gasteiger partial charge is 0.378 e. The lowest BCUT2D eigenvalue weighted by atomic mass is 9.95. The van der Waals surface area contributed by atoms with Crippen LogP contribution in [-0.2, 0) is 6.54 Å². The van der Waals surface area contributed by atoms with Gasteiger partial charge in [-0.15, -0.1) is 0 Å². The number of anilines is 1. The van der Waals surface area contributed by atoms with E-state index in [1.807, 2.05) is 0 Å². The van der Waals surface area contributed by atoms with E-state index in [4.69, 9.17) is 5.73 Å². The van der Waals surface area contributed by atoms with Crippen LogP contribution in [0.15, 0.2) is 79.1 Å². The average Bonchev–Trinajstić information content (AvgIpc) is 2.79. The van der Waals surface area contributed by atoms with Gasteiger partial charge in [-0.1, -0.05) is 48.9 Å². The minimum absolute atomic E-state index is 0.801. The van der Waals surface area contributed by atoms with Crippen molar-refractivity contribution in [2.24, 2.45) is 5.73 Å². The first-order valence-corrected chi connectivity index (χ1v) is 10.9. The zero-order valence-corrected chi connectivity index (χ0v) is 18.3. The molecule has 0 bridgehead atoms. The predicted molar refractivity (Wildman–Crippen MR) is 128 cm³/mol. The first kappa shape index (κ1) is 21.8. The minimum atomic E-state index is 0.801. The number of hydrogen-bond donors (Lipinski definition) is 1. The lowest BCUT2D eigenvalue weighted by Crippen LogP contribution is -2.32. The molecule has 0 aliphatic rings. The molecule has 0 amide bonds. The Labute approximate surface area is 181 Å². The quantitative estimate of drug-likeness (QED) is 0.377. The summed E-state index contributed by atoms with van der Waals surface area (Å²) in [4.78, 5) is 2.13. The van der Waals surface area contributed by atoms with Gasteiger partial charge >= 0.3 is 0 Å². The van der Waals surface area contributed by atoms with E-state index in [0.29, 0.717) is 0 Å². The maximum absolute atomic E-state index is 5.57. The smallest absolute Gasteiger partial charge is 0.169 e. The van der Waals surface area contributed by atoms with Crippen LogP contribution in [0.1, 0.15) is 42.4 Å². The van der Waals surface area contributed by atoms with Crippen molar-refractivity contribution in [3.05, 3.63) is 95.8 Å². The van der Waals surface area contributed by atoms with Crippen LogP contribution in [0, 0.1) is 0 Å². The highest BCUT2D eigenvalue weighted by atomic mass is 15.1. The summed E-state index contributed by atoms with van der Waals surface area (Å²) in [6.07, 6.45) is 11.5. The molecule has 0 saturated carbocycles. The molecule has 1 heterocycles. The Hall–Kier alpha value is -2.91. The summed E-state index contributed by atoms with van der Waals surface area (Å²) in [7, 11) is 4.14. The van der Waals surface area contributed by atoms with E-state index in [1.165, 1.54) is 47.2 Å². The summed E-state index contributed by atoms with van der Waals surface area (Å²) in [5.74, 6) is 0. The van der Waals surface area contributed by atoms with Crippen LogP contribution in [0.5, 0.6) is 0 Å². The Kier molecular flexibility index (Phi) is 8.22. The van der Waals surface area contributed by atoms with Crippen LogP contribution < -0.4 is 15.2 Å².